The fraction of sp³-hybridized carbons (Fsp3) is 0.472. The van der Waals surface area contributed by atoms with Crippen molar-refractivity contribution >= 4 is 43.1 Å². The summed E-state index contributed by atoms with van der Waals surface area (Å²) >= 11 is 1.01. The molecule has 2 aromatic carbocycles. The molecule has 0 radical (unpaired) electrons. The molecule has 0 unspecified atom stereocenters. The van der Waals surface area contributed by atoms with E-state index in [9.17, 15) is 9.65 Å². The van der Waals surface area contributed by atoms with Crippen LogP contribution in [0.2, 0.25) is 0 Å². The van der Waals surface area contributed by atoms with E-state index in [0.717, 1.165) is 88.9 Å². The Balaban J connectivity index is 0.000000965. The van der Waals surface area contributed by atoms with Gasteiger partial charge in [-0.1, -0.05) is 18.9 Å². The Morgan fingerprint density at radius 3 is 2.34 bits per heavy atom. The Morgan fingerprint density at radius 2 is 1.70 bits per heavy atom. The number of hydrogen-bond acceptors (Lipinski definition) is 8. The quantitative estimate of drug-likeness (QED) is 0.218. The SMILES string of the molecule is C[CH-]C.Cc1cc2c(N3CCCCCC3)nc(OCC34CCCN3CCC4)nc2c(F)c1-c1ccc(F)c2sc(N)c(C#N)c12.[CH3-].[Na+]. The topological polar surface area (TPSA) is 91.3 Å². The largest absolute Gasteiger partial charge is 1.00 e. The van der Waals surface area contributed by atoms with Crippen LogP contribution in [0.4, 0.5) is 19.6 Å². The van der Waals surface area contributed by atoms with Gasteiger partial charge in [-0.25, -0.2) is 8.78 Å². The third kappa shape index (κ3) is 6.98. The second-order valence-electron chi connectivity index (χ2n) is 12.5. The van der Waals surface area contributed by atoms with E-state index in [-0.39, 0.29) is 74.9 Å². The van der Waals surface area contributed by atoms with Gasteiger partial charge < -0.3 is 29.2 Å². The molecular weight excluding hydrogens is 625 g/mol. The zero-order valence-corrected chi connectivity index (χ0v) is 31.2. The zero-order valence-electron chi connectivity index (χ0n) is 28.4. The molecule has 2 aromatic heterocycles. The molecular formula is C36H44F2N6NaOS-. The maximum absolute atomic E-state index is 16.9. The number of benzene rings is 2. The molecule has 47 heavy (non-hydrogen) atoms. The predicted octanol–water partition coefficient (Wildman–Crippen LogP) is 5.62. The molecule has 5 heterocycles. The van der Waals surface area contributed by atoms with E-state index < -0.39 is 11.6 Å². The summed E-state index contributed by atoms with van der Waals surface area (Å²) in [5, 5.41) is 11.0. The number of aryl methyl sites for hydroxylation is 1. The van der Waals surface area contributed by atoms with Crippen LogP contribution in [0.25, 0.3) is 32.1 Å². The molecule has 3 aliphatic heterocycles. The summed E-state index contributed by atoms with van der Waals surface area (Å²) in [5.74, 6) is -0.324. The standard InChI is InChI=1S/C32H34F2N6OS.C3H7.CH3.Na/c1-19-16-21-27(26(34)24(19)20-8-9-23(33)28-25(20)22(17-35)29(36)42-28)37-31(38-30(21)39-12-4-2-3-5-13-39)41-18-32-10-6-14-40(32)15-7-11-32;1-3-2;;/h8-9,16H,2-7,10-15,18,36H2,1H3;3H,1-2H3;1H3;/q;2*-1;+1. The molecule has 0 saturated carbocycles. The second-order valence-corrected chi connectivity index (χ2v) is 13.6. The molecule has 4 aromatic rings. The molecule has 0 aliphatic carbocycles. The number of nitrogen functional groups attached to an aromatic ring is 1. The van der Waals surface area contributed by atoms with Crippen molar-refractivity contribution in [3.05, 3.63) is 54.8 Å². The number of nitrogens with two attached hydrogens (primary N) is 1. The number of nitriles is 1. The fourth-order valence-corrected chi connectivity index (χ4v) is 8.35. The Morgan fingerprint density at radius 1 is 1.04 bits per heavy atom. The molecule has 0 atom stereocenters. The first-order valence-corrected chi connectivity index (χ1v) is 16.9. The van der Waals surface area contributed by atoms with Crippen molar-refractivity contribution in [3.63, 3.8) is 0 Å². The van der Waals surface area contributed by atoms with Crippen LogP contribution in [0.3, 0.4) is 0 Å². The van der Waals surface area contributed by atoms with E-state index in [4.69, 9.17) is 15.5 Å². The summed E-state index contributed by atoms with van der Waals surface area (Å²) < 4.78 is 38.3. The first-order chi connectivity index (χ1) is 21.8. The molecule has 2 N–H and O–H groups in total. The van der Waals surface area contributed by atoms with Crippen molar-refractivity contribution in [2.75, 3.05) is 43.4 Å². The van der Waals surface area contributed by atoms with Gasteiger partial charge in [-0.2, -0.15) is 29.1 Å². The number of anilines is 2. The van der Waals surface area contributed by atoms with Crippen LogP contribution in [-0.2, 0) is 0 Å². The van der Waals surface area contributed by atoms with Gasteiger partial charge >= 0.3 is 35.6 Å². The van der Waals surface area contributed by atoms with E-state index in [1.807, 2.05) is 33.3 Å². The van der Waals surface area contributed by atoms with Gasteiger partial charge in [0.2, 0.25) is 0 Å². The Labute approximate surface area is 303 Å². The summed E-state index contributed by atoms with van der Waals surface area (Å²) in [4.78, 5) is 14.4. The predicted molar refractivity (Wildman–Crippen MR) is 185 cm³/mol. The minimum absolute atomic E-state index is 0. The van der Waals surface area contributed by atoms with Crippen molar-refractivity contribution in [2.24, 2.45) is 0 Å². The number of fused-ring (bicyclic) bond motifs is 3. The summed E-state index contributed by atoms with van der Waals surface area (Å²) in [6, 6.07) is 7.05. The van der Waals surface area contributed by atoms with Gasteiger partial charge in [0.15, 0.2) is 5.82 Å². The van der Waals surface area contributed by atoms with Gasteiger partial charge in [-0.15, -0.1) is 11.3 Å². The minimum atomic E-state index is -0.531. The van der Waals surface area contributed by atoms with Crippen LogP contribution in [-0.4, -0.2) is 53.2 Å². The zero-order chi connectivity index (χ0) is 31.7. The average Bonchev–Trinajstić information content (AvgIpc) is 3.63. The van der Waals surface area contributed by atoms with Gasteiger partial charge in [0.25, 0.3) is 0 Å². The summed E-state index contributed by atoms with van der Waals surface area (Å²) in [6.45, 7) is 10.2. The summed E-state index contributed by atoms with van der Waals surface area (Å²) in [5.41, 5.74) is 7.80. The molecule has 0 bridgehead atoms. The number of thiophene rings is 1. The molecule has 11 heteroatoms. The number of nitrogens with zero attached hydrogens (tertiary/aromatic N) is 5. The summed E-state index contributed by atoms with van der Waals surface area (Å²) in [6.07, 6.45) is 10.9. The van der Waals surface area contributed by atoms with Crippen molar-refractivity contribution in [1.29, 1.82) is 5.26 Å². The molecule has 3 saturated heterocycles. The third-order valence-electron chi connectivity index (χ3n) is 9.47. The number of hydrogen-bond donors (Lipinski definition) is 1. The smallest absolute Gasteiger partial charge is 0.461 e. The molecule has 7 nitrogen and oxygen atoms in total. The van der Waals surface area contributed by atoms with Gasteiger partial charge in [0.05, 0.1) is 15.8 Å². The maximum Gasteiger partial charge on any atom is 1.00 e. The molecule has 0 spiro atoms. The van der Waals surface area contributed by atoms with Crippen LogP contribution in [0.1, 0.15) is 76.3 Å². The van der Waals surface area contributed by atoms with Crippen molar-refractivity contribution in [3.8, 4) is 23.2 Å². The van der Waals surface area contributed by atoms with E-state index in [1.165, 1.54) is 12.1 Å². The van der Waals surface area contributed by atoms with Crippen LogP contribution in [0.5, 0.6) is 6.01 Å². The Bertz CT molecular complexity index is 1750. The molecule has 246 valence electrons. The van der Waals surface area contributed by atoms with Crippen molar-refractivity contribution in [1.82, 2.24) is 14.9 Å². The van der Waals surface area contributed by atoms with Gasteiger partial charge in [0, 0.05) is 29.4 Å². The molecule has 3 aliphatic rings. The number of rotatable bonds is 5. The van der Waals surface area contributed by atoms with Crippen LogP contribution >= 0.6 is 11.3 Å². The molecule has 7 rings (SSSR count). The third-order valence-corrected chi connectivity index (χ3v) is 10.5. The maximum atomic E-state index is 16.9. The van der Waals surface area contributed by atoms with Crippen molar-refractivity contribution < 1.29 is 43.1 Å². The number of aromatic nitrogens is 2. The second kappa shape index (κ2) is 15.8. The van der Waals surface area contributed by atoms with E-state index in [1.54, 1.807) is 0 Å². The van der Waals surface area contributed by atoms with Gasteiger partial charge in [-0.05, 0) is 81.8 Å². The molecule has 0 amide bonds. The van der Waals surface area contributed by atoms with Crippen LogP contribution in [0.15, 0.2) is 18.2 Å². The monoisotopic (exact) mass is 669 g/mol. The Kier molecular flexibility index (Phi) is 12.5. The first kappa shape index (κ1) is 37.3. The van der Waals surface area contributed by atoms with Gasteiger partial charge in [-0.3, -0.25) is 4.90 Å². The first-order valence-electron chi connectivity index (χ1n) is 16.1. The normalized spacial score (nSPS) is 17.2. The van der Waals surface area contributed by atoms with Crippen LogP contribution in [0, 0.1) is 43.7 Å². The van der Waals surface area contributed by atoms with Gasteiger partial charge in [0.1, 0.15) is 34.8 Å². The minimum Gasteiger partial charge on any atom is -0.461 e. The van der Waals surface area contributed by atoms with E-state index in [0.29, 0.717) is 34.3 Å². The number of ether oxygens (including phenoxy) is 1. The summed E-state index contributed by atoms with van der Waals surface area (Å²) in [7, 11) is 0. The van der Waals surface area contributed by atoms with Crippen LogP contribution < -0.4 is 44.9 Å². The number of halogens is 2. The molecule has 3 fully saturated rings. The fourth-order valence-electron chi connectivity index (χ4n) is 7.41. The van der Waals surface area contributed by atoms with E-state index >= 15 is 4.39 Å². The van der Waals surface area contributed by atoms with E-state index in [2.05, 4.69) is 20.9 Å². The van der Waals surface area contributed by atoms with Crippen molar-refractivity contribution in [2.45, 2.75) is 77.7 Å². The average molecular weight is 670 g/mol. The Hall–Kier alpha value is -2.55.